The lowest BCUT2D eigenvalue weighted by Gasteiger charge is -2.21. The molecule has 0 unspecified atom stereocenters. The summed E-state index contributed by atoms with van der Waals surface area (Å²) in [7, 11) is 2.20. The third-order valence-corrected chi connectivity index (χ3v) is 4.26. The van der Waals surface area contributed by atoms with Gasteiger partial charge in [-0.3, -0.25) is 4.90 Å². The number of aryl methyl sites for hydroxylation is 2. The zero-order chi connectivity index (χ0) is 14.7. The molecule has 0 aliphatic carbocycles. The highest BCUT2D eigenvalue weighted by Crippen LogP contribution is 2.23. The summed E-state index contributed by atoms with van der Waals surface area (Å²) in [6, 6.07) is 15.5. The van der Waals surface area contributed by atoms with Crippen molar-refractivity contribution < 1.29 is 0 Å². The molecule has 2 aromatic rings. The Morgan fingerprint density at radius 1 is 1.10 bits per heavy atom. The molecule has 1 N–H and O–H groups in total. The van der Waals surface area contributed by atoms with E-state index in [0.717, 1.165) is 19.6 Å². The molecule has 0 saturated carbocycles. The fourth-order valence-corrected chi connectivity index (χ4v) is 3.07. The second-order valence-electron chi connectivity index (χ2n) is 6.12. The molecule has 0 fully saturated rings. The highest BCUT2D eigenvalue weighted by Gasteiger charge is 2.10. The molecule has 2 aromatic carbocycles. The lowest BCUT2D eigenvalue weighted by atomic mass is 10.0. The highest BCUT2D eigenvalue weighted by molar-refractivity contribution is 5.54. The fourth-order valence-electron chi connectivity index (χ4n) is 3.07. The maximum atomic E-state index is 3.48. The minimum Gasteiger partial charge on any atom is -0.385 e. The van der Waals surface area contributed by atoms with Crippen LogP contribution in [0.15, 0.2) is 42.5 Å². The van der Waals surface area contributed by atoms with Crippen molar-refractivity contribution in [3.05, 3.63) is 64.7 Å². The molecule has 0 amide bonds. The Kier molecular flexibility index (Phi) is 4.26. The Labute approximate surface area is 127 Å². The highest BCUT2D eigenvalue weighted by atomic mass is 15.1. The zero-order valence-corrected chi connectivity index (χ0v) is 13.0. The molecule has 110 valence electrons. The summed E-state index contributed by atoms with van der Waals surface area (Å²) in [5.74, 6) is 0. The number of nitrogens with zero attached hydrogens (tertiary/aromatic N) is 1. The minimum atomic E-state index is 1.00. The van der Waals surface area contributed by atoms with Crippen LogP contribution < -0.4 is 5.32 Å². The Morgan fingerprint density at radius 3 is 2.81 bits per heavy atom. The summed E-state index contributed by atoms with van der Waals surface area (Å²) in [5, 5.41) is 3.48. The van der Waals surface area contributed by atoms with Crippen molar-refractivity contribution in [1.29, 1.82) is 0 Å². The maximum absolute atomic E-state index is 3.48. The van der Waals surface area contributed by atoms with Gasteiger partial charge in [0.25, 0.3) is 0 Å². The molecule has 2 heteroatoms. The summed E-state index contributed by atoms with van der Waals surface area (Å²) in [5.41, 5.74) is 7.00. The molecule has 3 rings (SSSR count). The molecule has 1 aliphatic heterocycles. The molecule has 1 heterocycles. The molecule has 0 spiro atoms. The van der Waals surface area contributed by atoms with E-state index in [1.54, 1.807) is 0 Å². The van der Waals surface area contributed by atoms with E-state index in [1.807, 2.05) is 0 Å². The number of benzene rings is 2. The molecule has 0 atom stereocenters. The van der Waals surface area contributed by atoms with Crippen LogP contribution in [-0.2, 0) is 19.5 Å². The van der Waals surface area contributed by atoms with Gasteiger partial charge in [-0.25, -0.2) is 0 Å². The first kappa shape index (κ1) is 14.2. The van der Waals surface area contributed by atoms with E-state index in [1.165, 1.54) is 40.8 Å². The van der Waals surface area contributed by atoms with Crippen molar-refractivity contribution in [2.45, 2.75) is 32.9 Å². The Balaban J connectivity index is 1.67. The van der Waals surface area contributed by atoms with Crippen molar-refractivity contribution in [2.24, 2.45) is 0 Å². The molecule has 2 nitrogen and oxygen atoms in total. The van der Waals surface area contributed by atoms with Crippen LogP contribution in [0, 0.1) is 6.92 Å². The second kappa shape index (κ2) is 6.31. The molecular formula is C19H24N2. The predicted molar refractivity (Wildman–Crippen MR) is 89.6 cm³/mol. The van der Waals surface area contributed by atoms with Gasteiger partial charge in [-0.15, -0.1) is 0 Å². The van der Waals surface area contributed by atoms with Gasteiger partial charge in [0, 0.05) is 25.3 Å². The number of hydrogen-bond acceptors (Lipinski definition) is 2. The molecule has 0 aromatic heterocycles. The van der Waals surface area contributed by atoms with E-state index in [2.05, 4.69) is 66.7 Å². The Bertz CT molecular complexity index is 619. The lowest BCUT2D eigenvalue weighted by molar-refractivity contribution is 0.318. The van der Waals surface area contributed by atoms with E-state index < -0.39 is 0 Å². The van der Waals surface area contributed by atoms with Gasteiger partial charge in [0.05, 0.1) is 0 Å². The topological polar surface area (TPSA) is 15.3 Å². The summed E-state index contributed by atoms with van der Waals surface area (Å²) >= 11 is 0. The third-order valence-electron chi connectivity index (χ3n) is 4.26. The quantitative estimate of drug-likeness (QED) is 0.911. The van der Waals surface area contributed by atoms with Crippen molar-refractivity contribution in [3.63, 3.8) is 0 Å². The Hall–Kier alpha value is -1.80. The number of anilines is 1. The van der Waals surface area contributed by atoms with Crippen molar-refractivity contribution in [1.82, 2.24) is 4.90 Å². The van der Waals surface area contributed by atoms with Gasteiger partial charge in [0.2, 0.25) is 0 Å². The molecule has 0 radical (unpaired) electrons. The zero-order valence-electron chi connectivity index (χ0n) is 13.0. The standard InChI is InChI=1S/C19H24N2/c1-15-6-3-4-7-18(15)14-21(2)13-16-9-10-19-17(12-16)8-5-11-20-19/h3-4,6-7,9-10,12,20H,5,8,11,13-14H2,1-2H3. The van der Waals surface area contributed by atoms with E-state index >= 15 is 0 Å². The van der Waals surface area contributed by atoms with E-state index in [4.69, 9.17) is 0 Å². The summed E-state index contributed by atoms with van der Waals surface area (Å²) in [6.07, 6.45) is 2.45. The summed E-state index contributed by atoms with van der Waals surface area (Å²) in [6.45, 7) is 5.30. The SMILES string of the molecule is Cc1ccccc1CN(C)Cc1ccc2c(c1)CCCN2. The second-order valence-corrected chi connectivity index (χ2v) is 6.12. The first-order chi connectivity index (χ1) is 10.2. The van der Waals surface area contributed by atoms with Crippen LogP contribution in [0.4, 0.5) is 5.69 Å². The van der Waals surface area contributed by atoms with Gasteiger partial charge in [-0.1, -0.05) is 36.4 Å². The molecule has 21 heavy (non-hydrogen) atoms. The monoisotopic (exact) mass is 280 g/mol. The molecule has 1 aliphatic rings. The third kappa shape index (κ3) is 3.45. The van der Waals surface area contributed by atoms with Crippen LogP contribution in [0.2, 0.25) is 0 Å². The van der Waals surface area contributed by atoms with Gasteiger partial charge in [-0.2, -0.15) is 0 Å². The minimum absolute atomic E-state index is 1.00. The molecule has 0 bridgehead atoms. The van der Waals surface area contributed by atoms with Crippen molar-refractivity contribution >= 4 is 5.69 Å². The number of nitrogens with one attached hydrogen (secondary N) is 1. The molecular weight excluding hydrogens is 256 g/mol. The summed E-state index contributed by atoms with van der Waals surface area (Å²) in [4.78, 5) is 2.39. The van der Waals surface area contributed by atoms with Crippen LogP contribution in [-0.4, -0.2) is 18.5 Å². The van der Waals surface area contributed by atoms with Crippen LogP contribution in [0.1, 0.15) is 28.7 Å². The number of rotatable bonds is 4. The van der Waals surface area contributed by atoms with Gasteiger partial charge in [0.15, 0.2) is 0 Å². The van der Waals surface area contributed by atoms with Crippen LogP contribution in [0.25, 0.3) is 0 Å². The average Bonchev–Trinajstić information content (AvgIpc) is 2.49. The number of hydrogen-bond donors (Lipinski definition) is 1. The largest absolute Gasteiger partial charge is 0.385 e. The van der Waals surface area contributed by atoms with Crippen molar-refractivity contribution in [2.75, 3.05) is 18.9 Å². The van der Waals surface area contributed by atoms with E-state index in [-0.39, 0.29) is 0 Å². The fraction of sp³-hybridized carbons (Fsp3) is 0.368. The van der Waals surface area contributed by atoms with Crippen molar-refractivity contribution in [3.8, 4) is 0 Å². The lowest BCUT2D eigenvalue weighted by Crippen LogP contribution is -2.18. The van der Waals surface area contributed by atoms with E-state index in [0.29, 0.717) is 0 Å². The molecule has 0 saturated heterocycles. The maximum Gasteiger partial charge on any atom is 0.0372 e. The predicted octanol–water partition coefficient (Wildman–Crippen LogP) is 3.99. The van der Waals surface area contributed by atoms with E-state index in [9.17, 15) is 0 Å². The van der Waals surface area contributed by atoms with Crippen LogP contribution in [0.5, 0.6) is 0 Å². The summed E-state index contributed by atoms with van der Waals surface area (Å²) < 4.78 is 0. The van der Waals surface area contributed by atoms with Gasteiger partial charge < -0.3 is 5.32 Å². The van der Waals surface area contributed by atoms with Crippen LogP contribution >= 0.6 is 0 Å². The van der Waals surface area contributed by atoms with Gasteiger partial charge in [0.1, 0.15) is 0 Å². The Morgan fingerprint density at radius 2 is 1.95 bits per heavy atom. The van der Waals surface area contributed by atoms with Crippen LogP contribution in [0.3, 0.4) is 0 Å². The first-order valence-corrected chi connectivity index (χ1v) is 7.81. The van der Waals surface area contributed by atoms with Gasteiger partial charge >= 0.3 is 0 Å². The smallest absolute Gasteiger partial charge is 0.0372 e. The normalized spacial score (nSPS) is 13.9. The average molecular weight is 280 g/mol. The van der Waals surface area contributed by atoms with Gasteiger partial charge in [-0.05, 0) is 55.1 Å². The first-order valence-electron chi connectivity index (χ1n) is 7.81. The number of fused-ring (bicyclic) bond motifs is 1.